The molecule has 0 fully saturated rings. The van der Waals surface area contributed by atoms with Gasteiger partial charge in [-0.2, -0.15) is 0 Å². The number of thiophene rings is 3. The largest absolute Gasteiger partial charge is 0.250 e. The molecule has 0 amide bonds. The van der Waals surface area contributed by atoms with Crippen LogP contribution in [0, 0.1) is 0 Å². The van der Waals surface area contributed by atoms with Gasteiger partial charge in [0.05, 0.1) is 0 Å². The van der Waals surface area contributed by atoms with Crippen LogP contribution in [0.1, 0.15) is 19.8 Å². The van der Waals surface area contributed by atoms with Crippen LogP contribution in [0.3, 0.4) is 0 Å². The highest BCUT2D eigenvalue weighted by Gasteiger charge is 2.17. The van der Waals surface area contributed by atoms with Crippen molar-refractivity contribution in [3.8, 4) is 19.5 Å². The predicted octanol–water partition coefficient (Wildman–Crippen LogP) is 5.28. The Hall–Kier alpha value is -0.990. The van der Waals surface area contributed by atoms with Crippen LogP contribution < -0.4 is 4.72 Å². The molecule has 7 heteroatoms. The van der Waals surface area contributed by atoms with E-state index in [9.17, 15) is 8.42 Å². The molecule has 0 aliphatic carbocycles. The van der Waals surface area contributed by atoms with E-state index in [0.29, 0.717) is 10.8 Å². The summed E-state index contributed by atoms with van der Waals surface area (Å²) in [6.07, 6.45) is 1.82. The van der Waals surface area contributed by atoms with E-state index >= 15 is 0 Å². The van der Waals surface area contributed by atoms with Crippen molar-refractivity contribution in [1.29, 1.82) is 0 Å². The Labute approximate surface area is 148 Å². The summed E-state index contributed by atoms with van der Waals surface area (Å²) < 4.78 is 27.5. The Bertz CT molecular complexity index is 860. The van der Waals surface area contributed by atoms with E-state index in [2.05, 4.69) is 28.3 Å². The lowest BCUT2D eigenvalue weighted by atomic mass is 10.3. The fourth-order valence-electron chi connectivity index (χ4n) is 2.07. The molecule has 0 aliphatic heterocycles. The molecule has 0 radical (unpaired) electrons. The highest BCUT2D eigenvalue weighted by Crippen LogP contribution is 2.39. The highest BCUT2D eigenvalue weighted by atomic mass is 32.2. The predicted molar refractivity (Wildman–Crippen MR) is 101 cm³/mol. The molecule has 0 aromatic carbocycles. The van der Waals surface area contributed by atoms with Gasteiger partial charge in [0.25, 0.3) is 0 Å². The molecule has 0 saturated heterocycles. The van der Waals surface area contributed by atoms with Crippen molar-refractivity contribution in [2.45, 2.75) is 24.0 Å². The van der Waals surface area contributed by atoms with E-state index in [4.69, 9.17) is 0 Å². The molecule has 3 nitrogen and oxygen atoms in total. The molecule has 0 spiro atoms. The SMILES string of the molecule is CCCCNS(=O)(=O)c1ccc(-c2ccc(-c3cccs3)s2)s1. The van der Waals surface area contributed by atoms with Gasteiger partial charge < -0.3 is 0 Å². The van der Waals surface area contributed by atoms with E-state index < -0.39 is 10.0 Å². The topological polar surface area (TPSA) is 46.2 Å². The third kappa shape index (κ3) is 3.92. The van der Waals surface area contributed by atoms with Gasteiger partial charge in [-0.05, 0) is 42.1 Å². The molecule has 0 atom stereocenters. The molecule has 3 rings (SSSR count). The summed E-state index contributed by atoms with van der Waals surface area (Å²) >= 11 is 4.73. The molecule has 0 saturated carbocycles. The molecule has 0 unspecified atom stereocenters. The Balaban J connectivity index is 1.79. The number of sulfonamides is 1. The Morgan fingerprint density at radius 3 is 2.35 bits per heavy atom. The molecule has 1 N–H and O–H groups in total. The zero-order valence-electron chi connectivity index (χ0n) is 12.6. The van der Waals surface area contributed by atoms with E-state index in [1.807, 2.05) is 19.1 Å². The van der Waals surface area contributed by atoms with Gasteiger partial charge in [-0.15, -0.1) is 34.0 Å². The average molecular weight is 384 g/mol. The molecule has 23 heavy (non-hydrogen) atoms. The van der Waals surface area contributed by atoms with Gasteiger partial charge in [0.15, 0.2) is 0 Å². The molecule has 3 aromatic heterocycles. The second-order valence-corrected chi connectivity index (χ2v) is 10.1. The summed E-state index contributed by atoms with van der Waals surface area (Å²) in [5.41, 5.74) is 0. The third-order valence-corrected chi connectivity index (χ3v) is 8.67. The minimum atomic E-state index is -3.38. The van der Waals surface area contributed by atoms with Gasteiger partial charge >= 0.3 is 0 Å². The molecule has 3 aromatic rings. The first-order valence-corrected chi connectivity index (χ1v) is 11.3. The minimum Gasteiger partial charge on any atom is -0.210 e. The summed E-state index contributed by atoms with van der Waals surface area (Å²) in [6.45, 7) is 2.53. The molecular weight excluding hydrogens is 366 g/mol. The number of hydrogen-bond acceptors (Lipinski definition) is 5. The molecule has 3 heterocycles. The molecular formula is C16H17NO2S4. The monoisotopic (exact) mass is 383 g/mol. The van der Waals surface area contributed by atoms with Gasteiger partial charge in [-0.3, -0.25) is 0 Å². The first-order valence-electron chi connectivity index (χ1n) is 7.34. The van der Waals surface area contributed by atoms with Crippen LogP contribution in [0.4, 0.5) is 0 Å². The second kappa shape index (κ2) is 7.27. The summed E-state index contributed by atoms with van der Waals surface area (Å²) in [5.74, 6) is 0. The number of hydrogen-bond donors (Lipinski definition) is 1. The lowest BCUT2D eigenvalue weighted by Gasteiger charge is -2.02. The van der Waals surface area contributed by atoms with E-state index in [0.717, 1.165) is 22.6 Å². The third-order valence-electron chi connectivity index (χ3n) is 3.28. The Kier molecular flexibility index (Phi) is 5.33. The first-order chi connectivity index (χ1) is 11.1. The number of unbranched alkanes of at least 4 members (excludes halogenated alkanes) is 1. The second-order valence-electron chi connectivity index (χ2n) is 5.01. The molecule has 0 aliphatic rings. The van der Waals surface area contributed by atoms with Crippen molar-refractivity contribution in [3.63, 3.8) is 0 Å². The smallest absolute Gasteiger partial charge is 0.210 e. The normalized spacial score (nSPS) is 11.9. The van der Waals surface area contributed by atoms with Crippen LogP contribution >= 0.6 is 34.0 Å². The summed E-state index contributed by atoms with van der Waals surface area (Å²) in [5, 5.41) is 2.06. The van der Waals surface area contributed by atoms with Crippen LogP contribution in [0.15, 0.2) is 46.0 Å². The van der Waals surface area contributed by atoms with Crippen LogP contribution in [0.2, 0.25) is 0 Å². The van der Waals surface area contributed by atoms with Crippen LogP contribution in [0.5, 0.6) is 0 Å². The molecule has 0 bridgehead atoms. The van der Waals surface area contributed by atoms with Gasteiger partial charge in [0.1, 0.15) is 4.21 Å². The van der Waals surface area contributed by atoms with Gasteiger partial charge in [-0.1, -0.05) is 19.4 Å². The quantitative estimate of drug-likeness (QED) is 0.564. The van der Waals surface area contributed by atoms with Gasteiger partial charge in [0, 0.05) is 26.1 Å². The Morgan fingerprint density at radius 2 is 1.65 bits per heavy atom. The highest BCUT2D eigenvalue weighted by molar-refractivity contribution is 7.91. The number of rotatable bonds is 7. The van der Waals surface area contributed by atoms with Crippen LogP contribution in [-0.4, -0.2) is 15.0 Å². The van der Waals surface area contributed by atoms with Crippen molar-refractivity contribution in [2.75, 3.05) is 6.54 Å². The van der Waals surface area contributed by atoms with E-state index in [-0.39, 0.29) is 0 Å². The van der Waals surface area contributed by atoms with Gasteiger partial charge in [0.2, 0.25) is 10.0 Å². The van der Waals surface area contributed by atoms with Crippen molar-refractivity contribution in [1.82, 2.24) is 4.72 Å². The average Bonchev–Trinajstić information content (AvgIpc) is 3.26. The van der Waals surface area contributed by atoms with Crippen LogP contribution in [-0.2, 0) is 10.0 Å². The van der Waals surface area contributed by atoms with Crippen molar-refractivity contribution in [3.05, 3.63) is 41.8 Å². The summed E-state index contributed by atoms with van der Waals surface area (Å²) in [7, 11) is -3.38. The van der Waals surface area contributed by atoms with E-state index in [1.54, 1.807) is 28.7 Å². The Morgan fingerprint density at radius 1 is 0.957 bits per heavy atom. The van der Waals surface area contributed by atoms with Crippen LogP contribution in [0.25, 0.3) is 19.5 Å². The lowest BCUT2D eigenvalue weighted by molar-refractivity contribution is 0.580. The maximum absolute atomic E-state index is 12.2. The van der Waals surface area contributed by atoms with E-state index in [1.165, 1.54) is 21.1 Å². The zero-order valence-corrected chi connectivity index (χ0v) is 15.9. The number of nitrogens with one attached hydrogen (secondary N) is 1. The van der Waals surface area contributed by atoms with Crippen molar-refractivity contribution >= 4 is 44.0 Å². The lowest BCUT2D eigenvalue weighted by Crippen LogP contribution is -2.23. The summed E-state index contributed by atoms with van der Waals surface area (Å²) in [6, 6.07) is 11.9. The summed E-state index contributed by atoms with van der Waals surface area (Å²) in [4.78, 5) is 4.56. The van der Waals surface area contributed by atoms with Crippen molar-refractivity contribution in [2.24, 2.45) is 0 Å². The zero-order chi connectivity index (χ0) is 16.3. The fourth-order valence-corrected chi connectivity index (χ4v) is 6.43. The maximum atomic E-state index is 12.2. The first kappa shape index (κ1) is 16.9. The van der Waals surface area contributed by atoms with Crippen molar-refractivity contribution < 1.29 is 8.42 Å². The maximum Gasteiger partial charge on any atom is 0.250 e. The minimum absolute atomic E-state index is 0.384. The van der Waals surface area contributed by atoms with Gasteiger partial charge in [-0.25, -0.2) is 13.1 Å². The standard InChI is InChI=1S/C16H17NO2S4/c1-2-3-10-17-23(18,19)16-9-8-15(22-16)14-7-6-13(21-14)12-5-4-11-20-12/h4-9,11,17H,2-3,10H2,1H3. The molecule has 122 valence electrons. The fraction of sp³-hybridized carbons (Fsp3) is 0.250.